The number of rotatable bonds is 4. The first-order valence-electron chi connectivity index (χ1n) is 8.52. The number of piperazine rings is 1. The smallest absolute Gasteiger partial charge is 0.293 e. The summed E-state index contributed by atoms with van der Waals surface area (Å²) in [5, 5.41) is 1.08. The van der Waals surface area contributed by atoms with E-state index in [1.54, 1.807) is 0 Å². The minimum atomic E-state index is -0.409. The number of halogens is 1. The summed E-state index contributed by atoms with van der Waals surface area (Å²) in [7, 11) is 0. The molecular formula is C17H22FN4O3+. The molecule has 2 heterocycles. The van der Waals surface area contributed by atoms with E-state index in [0.29, 0.717) is 12.2 Å². The largest absolute Gasteiger partial charge is 0.327 e. The Bertz CT molecular complexity index is 658. The lowest BCUT2D eigenvalue weighted by Crippen LogP contribution is -3.14. The molecule has 134 valence electrons. The molecule has 0 saturated carbocycles. The summed E-state index contributed by atoms with van der Waals surface area (Å²) >= 11 is 0. The van der Waals surface area contributed by atoms with Gasteiger partial charge >= 0.3 is 0 Å². The molecule has 2 aliphatic rings. The Morgan fingerprint density at radius 1 is 1.04 bits per heavy atom. The van der Waals surface area contributed by atoms with Crippen molar-refractivity contribution >= 4 is 23.4 Å². The minimum absolute atomic E-state index is 0.179. The normalized spacial score (nSPS) is 19.2. The van der Waals surface area contributed by atoms with Gasteiger partial charge in [-0.05, 0) is 43.5 Å². The molecule has 1 aromatic carbocycles. The van der Waals surface area contributed by atoms with Crippen LogP contribution in [-0.2, 0) is 14.4 Å². The Labute approximate surface area is 145 Å². The number of piperidine rings is 1. The topological polar surface area (TPSA) is 74.2 Å². The van der Waals surface area contributed by atoms with E-state index in [0.717, 1.165) is 30.9 Å². The van der Waals surface area contributed by atoms with Gasteiger partial charge in [0, 0.05) is 5.69 Å². The molecule has 2 N–H and O–H groups in total. The first kappa shape index (κ1) is 17.3. The van der Waals surface area contributed by atoms with Crippen molar-refractivity contribution in [3.05, 3.63) is 30.1 Å². The lowest BCUT2D eigenvalue weighted by molar-refractivity contribution is -0.896. The lowest BCUT2D eigenvalue weighted by atomic mass is 10.1. The molecule has 0 bridgehead atoms. The summed E-state index contributed by atoms with van der Waals surface area (Å²) in [6, 6.07) is 5.38. The molecule has 0 radical (unpaired) electrons. The summed E-state index contributed by atoms with van der Waals surface area (Å²) in [5.74, 6) is -1.36. The van der Waals surface area contributed by atoms with Crippen molar-refractivity contribution in [3.63, 3.8) is 0 Å². The van der Waals surface area contributed by atoms with E-state index in [1.807, 2.05) is 0 Å². The van der Waals surface area contributed by atoms with Gasteiger partial charge in [0.25, 0.3) is 11.8 Å². The van der Waals surface area contributed by atoms with Crippen LogP contribution in [0.5, 0.6) is 0 Å². The molecule has 3 rings (SSSR count). The Balaban J connectivity index is 1.56. The maximum atomic E-state index is 13.0. The van der Waals surface area contributed by atoms with Gasteiger partial charge < -0.3 is 9.80 Å². The molecule has 1 aromatic rings. The van der Waals surface area contributed by atoms with Crippen molar-refractivity contribution in [3.8, 4) is 0 Å². The number of anilines is 1. The first-order chi connectivity index (χ1) is 12.0. The van der Waals surface area contributed by atoms with Gasteiger partial charge in [-0.1, -0.05) is 0 Å². The predicted molar refractivity (Wildman–Crippen MR) is 88.0 cm³/mol. The summed E-state index contributed by atoms with van der Waals surface area (Å²) in [5.41, 5.74) is 3.01. The van der Waals surface area contributed by atoms with Crippen molar-refractivity contribution < 1.29 is 23.7 Å². The fraction of sp³-hybridized carbons (Fsp3) is 0.471. The molecule has 8 heteroatoms. The van der Waals surface area contributed by atoms with E-state index in [4.69, 9.17) is 0 Å². The summed E-state index contributed by atoms with van der Waals surface area (Å²) in [6.07, 6.45) is 3.41. The van der Waals surface area contributed by atoms with Crippen LogP contribution in [0.15, 0.2) is 24.3 Å². The molecule has 0 spiro atoms. The first-order valence-corrected chi connectivity index (χ1v) is 8.52. The highest BCUT2D eigenvalue weighted by Gasteiger charge is 2.32. The number of likely N-dealkylation sites (tertiary alicyclic amines) is 1. The van der Waals surface area contributed by atoms with Gasteiger partial charge in [-0.15, -0.1) is 0 Å². The van der Waals surface area contributed by atoms with Crippen molar-refractivity contribution in [2.75, 3.05) is 37.6 Å². The quantitative estimate of drug-likeness (QED) is 0.740. The van der Waals surface area contributed by atoms with Crippen LogP contribution in [-0.4, -0.2) is 55.5 Å². The van der Waals surface area contributed by atoms with Crippen LogP contribution in [0.3, 0.4) is 0 Å². The second-order valence-electron chi connectivity index (χ2n) is 6.46. The van der Waals surface area contributed by atoms with Crippen LogP contribution in [0.1, 0.15) is 19.3 Å². The number of hydrogen-bond donors (Lipinski definition) is 2. The van der Waals surface area contributed by atoms with Crippen molar-refractivity contribution in [1.82, 2.24) is 10.4 Å². The second-order valence-corrected chi connectivity index (χ2v) is 6.46. The lowest BCUT2D eigenvalue weighted by Gasteiger charge is -2.34. The van der Waals surface area contributed by atoms with E-state index >= 15 is 0 Å². The molecule has 2 fully saturated rings. The third-order valence-corrected chi connectivity index (χ3v) is 4.56. The fourth-order valence-corrected chi connectivity index (χ4v) is 3.22. The zero-order chi connectivity index (χ0) is 17.8. The number of carbonyl (C=O) groups excluding carboxylic acids is 3. The number of benzene rings is 1. The van der Waals surface area contributed by atoms with Gasteiger partial charge in [-0.3, -0.25) is 19.8 Å². The maximum Gasteiger partial charge on any atom is 0.293 e. The number of quaternary nitrogens is 1. The molecule has 25 heavy (non-hydrogen) atoms. The molecule has 2 aliphatic heterocycles. The number of nitrogens with zero attached hydrogens (tertiary/aromatic N) is 2. The average Bonchev–Trinajstić information content (AvgIpc) is 2.59. The van der Waals surface area contributed by atoms with Gasteiger partial charge in [0.2, 0.25) is 5.91 Å². The van der Waals surface area contributed by atoms with Crippen molar-refractivity contribution in [2.24, 2.45) is 0 Å². The summed E-state index contributed by atoms with van der Waals surface area (Å²) in [6.45, 7) is 1.82. The van der Waals surface area contributed by atoms with Gasteiger partial charge in [-0.25, -0.2) is 9.40 Å². The monoisotopic (exact) mass is 349 g/mol. The fourth-order valence-electron chi connectivity index (χ4n) is 3.22. The van der Waals surface area contributed by atoms with Crippen LogP contribution < -0.4 is 15.2 Å². The van der Waals surface area contributed by atoms with E-state index in [-0.39, 0.29) is 30.8 Å². The summed E-state index contributed by atoms with van der Waals surface area (Å²) in [4.78, 5) is 39.2. The number of amides is 3. The summed E-state index contributed by atoms with van der Waals surface area (Å²) < 4.78 is 13.0. The highest BCUT2D eigenvalue weighted by Crippen LogP contribution is 2.17. The molecule has 0 aliphatic carbocycles. The second kappa shape index (κ2) is 7.60. The Morgan fingerprint density at radius 2 is 1.72 bits per heavy atom. The third kappa shape index (κ3) is 4.33. The number of nitrogens with one attached hydrogen (secondary N) is 2. The SMILES string of the molecule is O=C(C[NH+]1CCCCC1)NN1CC(=O)N(c2ccc(F)cc2)CC1=O. The van der Waals surface area contributed by atoms with Gasteiger partial charge in [0.05, 0.1) is 13.1 Å². The van der Waals surface area contributed by atoms with Crippen LogP contribution in [0, 0.1) is 5.82 Å². The molecule has 3 amide bonds. The van der Waals surface area contributed by atoms with E-state index in [1.165, 1.54) is 40.5 Å². The standard InChI is InChI=1S/C17H21FN4O3/c18-13-4-6-14(7-5-13)21-11-17(25)22(12-16(21)24)19-15(23)10-20-8-2-1-3-9-20/h4-7H,1-3,8-12H2,(H,19,23)/p+1. The minimum Gasteiger partial charge on any atom is -0.327 e. The zero-order valence-electron chi connectivity index (χ0n) is 14.0. The van der Waals surface area contributed by atoms with Gasteiger partial charge in [-0.2, -0.15) is 0 Å². The van der Waals surface area contributed by atoms with Crippen LogP contribution >= 0.6 is 0 Å². The van der Waals surface area contributed by atoms with Crippen LogP contribution in [0.25, 0.3) is 0 Å². The molecular weight excluding hydrogens is 327 g/mol. The number of hydrazine groups is 1. The molecule has 2 saturated heterocycles. The Kier molecular flexibility index (Phi) is 5.28. The zero-order valence-corrected chi connectivity index (χ0v) is 14.0. The molecule has 0 aromatic heterocycles. The number of carbonyl (C=O) groups is 3. The van der Waals surface area contributed by atoms with Crippen LogP contribution in [0.2, 0.25) is 0 Å². The highest BCUT2D eigenvalue weighted by atomic mass is 19.1. The van der Waals surface area contributed by atoms with E-state index in [9.17, 15) is 18.8 Å². The predicted octanol–water partition coefficient (Wildman–Crippen LogP) is -0.899. The molecule has 0 unspecified atom stereocenters. The average molecular weight is 349 g/mol. The van der Waals surface area contributed by atoms with Crippen molar-refractivity contribution in [1.29, 1.82) is 0 Å². The van der Waals surface area contributed by atoms with Crippen molar-refractivity contribution in [2.45, 2.75) is 19.3 Å². The molecule has 0 atom stereocenters. The Hall–Kier alpha value is -2.48. The third-order valence-electron chi connectivity index (χ3n) is 4.56. The van der Waals surface area contributed by atoms with Gasteiger partial charge in [0.1, 0.15) is 18.9 Å². The van der Waals surface area contributed by atoms with Gasteiger partial charge in [0.15, 0.2) is 6.54 Å². The van der Waals surface area contributed by atoms with Crippen LogP contribution in [0.4, 0.5) is 10.1 Å². The Morgan fingerprint density at radius 3 is 2.40 bits per heavy atom. The molecule has 7 nitrogen and oxygen atoms in total. The van der Waals surface area contributed by atoms with E-state index in [2.05, 4.69) is 5.43 Å². The number of hydrogen-bond acceptors (Lipinski definition) is 3. The van der Waals surface area contributed by atoms with E-state index < -0.39 is 5.82 Å². The maximum absolute atomic E-state index is 13.0. The highest BCUT2D eigenvalue weighted by molar-refractivity contribution is 6.04.